The number of ether oxygens (including phenoxy) is 1. The number of methoxy groups -OCH3 is 1. The van der Waals surface area contributed by atoms with Crippen molar-refractivity contribution in [3.63, 3.8) is 0 Å². The van der Waals surface area contributed by atoms with Crippen molar-refractivity contribution in [1.29, 1.82) is 0 Å². The molecule has 7 heteroatoms. The number of hydrogen-bond acceptors (Lipinski definition) is 4. The summed E-state index contributed by atoms with van der Waals surface area (Å²) in [6, 6.07) is 10.7. The van der Waals surface area contributed by atoms with Gasteiger partial charge in [0.2, 0.25) is 0 Å². The Morgan fingerprint density at radius 2 is 1.82 bits per heavy atom. The monoisotopic (exact) mass is 344 g/mol. The molecule has 0 saturated heterocycles. The molecule has 0 saturated carbocycles. The molecule has 1 aromatic carbocycles. The van der Waals surface area contributed by atoms with Crippen LogP contribution in [0.25, 0.3) is 11.3 Å². The van der Waals surface area contributed by atoms with Crippen LogP contribution < -0.4 is 10.5 Å². The maximum absolute atomic E-state index is 11.0. The zero-order valence-corrected chi connectivity index (χ0v) is 13.6. The molecule has 0 aliphatic rings. The van der Waals surface area contributed by atoms with E-state index in [-0.39, 0.29) is 30.5 Å². The molecule has 0 radical (unpaired) electrons. The molecule has 0 aliphatic heterocycles. The lowest BCUT2D eigenvalue weighted by molar-refractivity contribution is 0.0690. The van der Waals surface area contributed by atoms with Crippen LogP contribution in [0.2, 0.25) is 0 Å². The molecule has 2 rings (SSSR count). The second-order valence-corrected chi connectivity index (χ2v) is 4.29. The van der Waals surface area contributed by atoms with E-state index in [0.717, 1.165) is 17.5 Å². The van der Waals surface area contributed by atoms with Gasteiger partial charge in [-0.05, 0) is 30.7 Å². The molecule has 0 aliphatic carbocycles. The molecule has 120 valence electrons. The minimum absolute atomic E-state index is 0. The number of nitrogens with zero attached hydrogens (tertiary/aromatic N) is 1. The number of aromatic carboxylic acids is 1. The molecule has 0 atom stereocenters. The van der Waals surface area contributed by atoms with Crippen molar-refractivity contribution in [2.45, 2.75) is 6.42 Å². The Morgan fingerprint density at radius 1 is 1.18 bits per heavy atom. The first kappa shape index (κ1) is 20.2. The number of benzene rings is 1. The molecule has 0 fully saturated rings. The highest BCUT2D eigenvalue weighted by Crippen LogP contribution is 2.28. The van der Waals surface area contributed by atoms with Crippen molar-refractivity contribution in [1.82, 2.24) is 4.98 Å². The standard InChI is InChI=1S/C15H16N2O3.2ClH/c1-20-13-7-6-12(15(18)19)17-14(13)11-4-2-10(3-5-11)8-9-16;;/h2-7H,8-9,16H2,1H3,(H,18,19);2*1H. The van der Waals surface area contributed by atoms with E-state index in [1.165, 1.54) is 13.2 Å². The smallest absolute Gasteiger partial charge is 0.354 e. The Labute approximate surface area is 141 Å². The van der Waals surface area contributed by atoms with E-state index in [1.807, 2.05) is 24.3 Å². The van der Waals surface area contributed by atoms with Gasteiger partial charge in [-0.2, -0.15) is 0 Å². The highest BCUT2D eigenvalue weighted by atomic mass is 35.5. The Bertz CT molecular complexity index is 619. The fourth-order valence-corrected chi connectivity index (χ4v) is 1.93. The van der Waals surface area contributed by atoms with E-state index in [1.54, 1.807) is 6.07 Å². The highest BCUT2D eigenvalue weighted by molar-refractivity contribution is 5.87. The Kier molecular flexibility index (Phi) is 8.48. The summed E-state index contributed by atoms with van der Waals surface area (Å²) in [5.41, 5.74) is 7.96. The van der Waals surface area contributed by atoms with Crippen LogP contribution >= 0.6 is 24.8 Å². The zero-order valence-electron chi connectivity index (χ0n) is 12.0. The van der Waals surface area contributed by atoms with Gasteiger partial charge in [-0.1, -0.05) is 24.3 Å². The lowest BCUT2D eigenvalue weighted by Gasteiger charge is -2.09. The van der Waals surface area contributed by atoms with E-state index in [0.29, 0.717) is 18.0 Å². The van der Waals surface area contributed by atoms with Gasteiger partial charge in [-0.25, -0.2) is 9.78 Å². The Morgan fingerprint density at radius 3 is 2.32 bits per heavy atom. The van der Waals surface area contributed by atoms with Crippen LogP contribution in [-0.4, -0.2) is 29.7 Å². The zero-order chi connectivity index (χ0) is 14.5. The molecule has 3 N–H and O–H groups in total. The van der Waals surface area contributed by atoms with E-state index in [4.69, 9.17) is 15.6 Å². The van der Waals surface area contributed by atoms with Crippen LogP contribution in [0.1, 0.15) is 16.1 Å². The predicted molar refractivity (Wildman–Crippen MR) is 90.4 cm³/mol. The molecule has 0 bridgehead atoms. The van der Waals surface area contributed by atoms with Crippen LogP contribution in [0.5, 0.6) is 5.75 Å². The summed E-state index contributed by atoms with van der Waals surface area (Å²) in [4.78, 5) is 15.1. The number of hydrogen-bond donors (Lipinski definition) is 2. The number of carboxylic acids is 1. The SMILES string of the molecule is COc1ccc(C(=O)O)nc1-c1ccc(CCN)cc1.Cl.Cl. The Hall–Kier alpha value is -1.82. The lowest BCUT2D eigenvalue weighted by atomic mass is 10.1. The van der Waals surface area contributed by atoms with Crippen molar-refractivity contribution in [3.05, 3.63) is 47.7 Å². The minimum atomic E-state index is -1.06. The van der Waals surface area contributed by atoms with Gasteiger partial charge < -0.3 is 15.6 Å². The molecular formula is C15H18Cl2N2O3. The van der Waals surface area contributed by atoms with Gasteiger partial charge in [0, 0.05) is 5.56 Å². The van der Waals surface area contributed by atoms with E-state index < -0.39 is 5.97 Å². The molecule has 1 heterocycles. The van der Waals surface area contributed by atoms with Gasteiger partial charge in [-0.15, -0.1) is 24.8 Å². The van der Waals surface area contributed by atoms with Gasteiger partial charge in [0.15, 0.2) is 0 Å². The van der Waals surface area contributed by atoms with Crippen LogP contribution in [0.15, 0.2) is 36.4 Å². The number of halogens is 2. The van der Waals surface area contributed by atoms with Crippen LogP contribution in [0, 0.1) is 0 Å². The number of aromatic nitrogens is 1. The van der Waals surface area contributed by atoms with Crippen LogP contribution in [0.4, 0.5) is 0 Å². The molecule has 0 spiro atoms. The summed E-state index contributed by atoms with van der Waals surface area (Å²) in [7, 11) is 1.53. The van der Waals surface area contributed by atoms with Gasteiger partial charge >= 0.3 is 5.97 Å². The average Bonchev–Trinajstić information content (AvgIpc) is 2.47. The summed E-state index contributed by atoms with van der Waals surface area (Å²) in [5, 5.41) is 9.02. The summed E-state index contributed by atoms with van der Waals surface area (Å²) < 4.78 is 5.24. The third-order valence-electron chi connectivity index (χ3n) is 2.96. The minimum Gasteiger partial charge on any atom is -0.494 e. The number of rotatable bonds is 5. The quantitative estimate of drug-likeness (QED) is 0.870. The molecule has 0 unspecified atom stereocenters. The summed E-state index contributed by atoms with van der Waals surface area (Å²) in [5.74, 6) is -0.518. The van der Waals surface area contributed by atoms with Crippen LogP contribution in [-0.2, 0) is 6.42 Å². The lowest BCUT2D eigenvalue weighted by Crippen LogP contribution is -2.03. The predicted octanol–water partition coefficient (Wildman–Crippen LogP) is 2.80. The first-order valence-corrected chi connectivity index (χ1v) is 6.23. The highest BCUT2D eigenvalue weighted by Gasteiger charge is 2.12. The first-order valence-electron chi connectivity index (χ1n) is 6.23. The van der Waals surface area contributed by atoms with Crippen molar-refractivity contribution in [2.24, 2.45) is 5.73 Å². The van der Waals surface area contributed by atoms with E-state index in [2.05, 4.69) is 4.98 Å². The third-order valence-corrected chi connectivity index (χ3v) is 2.96. The molecule has 2 aromatic rings. The summed E-state index contributed by atoms with van der Waals surface area (Å²) >= 11 is 0. The van der Waals surface area contributed by atoms with Crippen molar-refractivity contribution < 1.29 is 14.6 Å². The third kappa shape index (κ3) is 4.59. The fourth-order valence-electron chi connectivity index (χ4n) is 1.93. The number of pyridine rings is 1. The Balaban J connectivity index is 0.00000220. The van der Waals surface area contributed by atoms with Gasteiger partial charge in [0.05, 0.1) is 7.11 Å². The first-order chi connectivity index (χ1) is 9.65. The average molecular weight is 345 g/mol. The maximum atomic E-state index is 11.0. The van der Waals surface area contributed by atoms with Crippen molar-refractivity contribution >= 4 is 30.8 Å². The maximum Gasteiger partial charge on any atom is 0.354 e. The molecule has 1 aromatic heterocycles. The fraction of sp³-hybridized carbons (Fsp3) is 0.200. The largest absolute Gasteiger partial charge is 0.494 e. The van der Waals surface area contributed by atoms with E-state index in [9.17, 15) is 4.79 Å². The molecular weight excluding hydrogens is 327 g/mol. The normalized spacial score (nSPS) is 9.36. The van der Waals surface area contributed by atoms with Crippen LogP contribution in [0.3, 0.4) is 0 Å². The molecule has 5 nitrogen and oxygen atoms in total. The number of nitrogens with two attached hydrogens (primary N) is 1. The summed E-state index contributed by atoms with van der Waals surface area (Å²) in [6.07, 6.45) is 0.806. The number of carbonyl (C=O) groups is 1. The second-order valence-electron chi connectivity index (χ2n) is 4.29. The van der Waals surface area contributed by atoms with Gasteiger partial charge in [-0.3, -0.25) is 0 Å². The van der Waals surface area contributed by atoms with Crippen molar-refractivity contribution in [3.8, 4) is 17.0 Å². The van der Waals surface area contributed by atoms with E-state index >= 15 is 0 Å². The second kappa shape index (κ2) is 9.25. The van der Waals surface area contributed by atoms with Gasteiger partial charge in [0.1, 0.15) is 17.1 Å². The van der Waals surface area contributed by atoms with Crippen molar-refractivity contribution in [2.75, 3.05) is 13.7 Å². The topological polar surface area (TPSA) is 85.4 Å². The van der Waals surface area contributed by atoms with Gasteiger partial charge in [0.25, 0.3) is 0 Å². The number of carboxylic acid groups (broad SMARTS) is 1. The summed E-state index contributed by atoms with van der Waals surface area (Å²) in [6.45, 7) is 0.593. The molecule has 22 heavy (non-hydrogen) atoms. The molecule has 0 amide bonds.